The molecule has 1 aromatic heterocycles. The largest absolute Gasteiger partial charge is 0.331 e. The Morgan fingerprint density at radius 3 is 2.94 bits per heavy atom. The van der Waals surface area contributed by atoms with Crippen LogP contribution in [-0.2, 0) is 0 Å². The average Bonchev–Trinajstić information content (AvgIpc) is 2.91. The highest BCUT2D eigenvalue weighted by Crippen LogP contribution is 2.40. The van der Waals surface area contributed by atoms with E-state index in [9.17, 15) is 4.79 Å². The van der Waals surface area contributed by atoms with Gasteiger partial charge in [-0.25, -0.2) is 4.98 Å². The van der Waals surface area contributed by atoms with Crippen LogP contribution in [0.1, 0.15) is 54.5 Å². The molecule has 3 unspecified atom stereocenters. The second-order valence-electron chi connectivity index (χ2n) is 5.66. The molecule has 0 bridgehead atoms. The first-order valence-corrected chi connectivity index (χ1v) is 7.79. The SMILES string of the molecule is Cc1nc(C(=O)N2C(C)CC3CCCCC32)cs1. The van der Waals surface area contributed by atoms with Gasteiger partial charge < -0.3 is 4.90 Å². The van der Waals surface area contributed by atoms with Crippen LogP contribution in [0.15, 0.2) is 5.38 Å². The van der Waals surface area contributed by atoms with E-state index >= 15 is 0 Å². The van der Waals surface area contributed by atoms with E-state index in [1.165, 1.54) is 32.1 Å². The molecule has 1 saturated carbocycles. The van der Waals surface area contributed by atoms with Crippen molar-refractivity contribution in [2.45, 2.75) is 58.0 Å². The summed E-state index contributed by atoms with van der Waals surface area (Å²) >= 11 is 1.56. The van der Waals surface area contributed by atoms with Crippen molar-refractivity contribution in [3.8, 4) is 0 Å². The van der Waals surface area contributed by atoms with Crippen LogP contribution in [-0.4, -0.2) is 27.9 Å². The summed E-state index contributed by atoms with van der Waals surface area (Å²) in [5.41, 5.74) is 0.649. The monoisotopic (exact) mass is 264 g/mol. The van der Waals surface area contributed by atoms with Crippen LogP contribution in [0.5, 0.6) is 0 Å². The Morgan fingerprint density at radius 2 is 2.22 bits per heavy atom. The number of nitrogens with zero attached hydrogens (tertiary/aromatic N) is 2. The number of aryl methyl sites for hydroxylation is 1. The summed E-state index contributed by atoms with van der Waals surface area (Å²) in [6, 6.07) is 0.857. The molecule has 18 heavy (non-hydrogen) atoms. The molecule has 2 aliphatic rings. The lowest BCUT2D eigenvalue weighted by atomic mass is 9.85. The number of hydrogen-bond acceptors (Lipinski definition) is 3. The number of amides is 1. The fraction of sp³-hybridized carbons (Fsp3) is 0.714. The maximum absolute atomic E-state index is 12.6. The number of aromatic nitrogens is 1. The molecule has 3 rings (SSSR count). The van der Waals surface area contributed by atoms with Crippen molar-refractivity contribution < 1.29 is 4.79 Å². The van der Waals surface area contributed by atoms with Gasteiger partial charge in [-0.15, -0.1) is 11.3 Å². The Hall–Kier alpha value is -0.900. The first-order chi connectivity index (χ1) is 8.66. The maximum atomic E-state index is 12.6. The molecule has 0 spiro atoms. The van der Waals surface area contributed by atoms with E-state index in [-0.39, 0.29) is 5.91 Å². The number of thiazole rings is 1. The smallest absolute Gasteiger partial charge is 0.273 e. The second-order valence-corrected chi connectivity index (χ2v) is 6.72. The van der Waals surface area contributed by atoms with Crippen molar-refractivity contribution in [1.29, 1.82) is 0 Å². The van der Waals surface area contributed by atoms with Crippen LogP contribution >= 0.6 is 11.3 Å². The molecule has 0 radical (unpaired) electrons. The molecule has 1 aromatic rings. The zero-order valence-electron chi connectivity index (χ0n) is 11.1. The van der Waals surface area contributed by atoms with Crippen LogP contribution in [0.4, 0.5) is 0 Å². The molecule has 0 aromatic carbocycles. The topological polar surface area (TPSA) is 33.2 Å². The molecule has 3 atom stereocenters. The second kappa shape index (κ2) is 4.65. The molecular formula is C14H20N2OS. The molecule has 4 heteroatoms. The molecule has 1 amide bonds. The number of rotatable bonds is 1. The first kappa shape index (κ1) is 12.2. The molecule has 1 saturated heterocycles. The highest BCUT2D eigenvalue weighted by Gasteiger charge is 2.43. The fourth-order valence-corrected chi connectivity index (χ4v) is 4.24. The van der Waals surface area contributed by atoms with Gasteiger partial charge in [-0.05, 0) is 39.0 Å². The van der Waals surface area contributed by atoms with Gasteiger partial charge in [-0.3, -0.25) is 4.79 Å². The summed E-state index contributed by atoms with van der Waals surface area (Å²) in [6.07, 6.45) is 6.28. The van der Waals surface area contributed by atoms with Crippen molar-refractivity contribution in [3.63, 3.8) is 0 Å². The summed E-state index contributed by atoms with van der Waals surface area (Å²) < 4.78 is 0. The summed E-state index contributed by atoms with van der Waals surface area (Å²) in [5, 5.41) is 2.88. The predicted molar refractivity (Wildman–Crippen MR) is 72.8 cm³/mol. The van der Waals surface area contributed by atoms with Crippen LogP contribution < -0.4 is 0 Å². The minimum Gasteiger partial charge on any atom is -0.331 e. The van der Waals surface area contributed by atoms with Gasteiger partial charge in [-0.1, -0.05) is 12.8 Å². The maximum Gasteiger partial charge on any atom is 0.273 e. The van der Waals surface area contributed by atoms with Crippen molar-refractivity contribution in [2.24, 2.45) is 5.92 Å². The number of carbonyl (C=O) groups is 1. The zero-order chi connectivity index (χ0) is 12.7. The number of hydrogen-bond donors (Lipinski definition) is 0. The molecular weight excluding hydrogens is 244 g/mol. The van der Waals surface area contributed by atoms with E-state index in [4.69, 9.17) is 0 Å². The van der Waals surface area contributed by atoms with E-state index in [1.54, 1.807) is 11.3 Å². The zero-order valence-corrected chi connectivity index (χ0v) is 11.9. The summed E-state index contributed by atoms with van der Waals surface area (Å²) in [5.74, 6) is 0.888. The van der Waals surface area contributed by atoms with Crippen LogP contribution in [0, 0.1) is 12.8 Å². The summed E-state index contributed by atoms with van der Waals surface area (Å²) in [7, 11) is 0. The van der Waals surface area contributed by atoms with E-state index in [1.807, 2.05) is 12.3 Å². The minimum atomic E-state index is 0.154. The van der Waals surface area contributed by atoms with Crippen molar-refractivity contribution in [1.82, 2.24) is 9.88 Å². The van der Waals surface area contributed by atoms with Crippen molar-refractivity contribution in [3.05, 3.63) is 16.1 Å². The number of likely N-dealkylation sites (tertiary alicyclic amines) is 1. The molecule has 2 fully saturated rings. The molecule has 1 aliphatic heterocycles. The van der Waals surface area contributed by atoms with E-state index < -0.39 is 0 Å². The Morgan fingerprint density at radius 1 is 1.44 bits per heavy atom. The Bertz CT molecular complexity index is 456. The lowest BCUT2D eigenvalue weighted by Gasteiger charge is -2.32. The highest BCUT2D eigenvalue weighted by atomic mass is 32.1. The Kier molecular flexibility index (Phi) is 3.14. The lowest BCUT2D eigenvalue weighted by molar-refractivity contribution is 0.0628. The molecule has 1 aliphatic carbocycles. The third-order valence-corrected chi connectivity index (χ3v) is 5.19. The van der Waals surface area contributed by atoms with Crippen LogP contribution in [0.2, 0.25) is 0 Å². The van der Waals surface area contributed by atoms with Gasteiger partial charge >= 0.3 is 0 Å². The summed E-state index contributed by atoms with van der Waals surface area (Å²) in [4.78, 5) is 19.1. The lowest BCUT2D eigenvalue weighted by Crippen LogP contribution is -2.42. The normalized spacial score (nSPS) is 31.4. The van der Waals surface area contributed by atoms with E-state index in [0.29, 0.717) is 17.8 Å². The number of fused-ring (bicyclic) bond motifs is 1. The third kappa shape index (κ3) is 1.96. The minimum absolute atomic E-state index is 0.154. The average molecular weight is 264 g/mol. The third-order valence-electron chi connectivity index (χ3n) is 4.42. The molecule has 98 valence electrons. The van der Waals surface area contributed by atoms with Crippen LogP contribution in [0.25, 0.3) is 0 Å². The van der Waals surface area contributed by atoms with Gasteiger partial charge in [-0.2, -0.15) is 0 Å². The fourth-order valence-electron chi connectivity index (χ4n) is 3.65. The standard InChI is InChI=1S/C14H20N2OS/c1-9-7-11-5-3-4-6-13(11)16(9)14(17)12-8-18-10(2)15-12/h8-9,11,13H,3-7H2,1-2H3. The van der Waals surface area contributed by atoms with Gasteiger partial charge in [0, 0.05) is 17.5 Å². The predicted octanol–water partition coefficient (Wildman–Crippen LogP) is 3.24. The van der Waals surface area contributed by atoms with Gasteiger partial charge in [0.1, 0.15) is 5.69 Å². The van der Waals surface area contributed by atoms with Crippen LogP contribution in [0.3, 0.4) is 0 Å². The first-order valence-electron chi connectivity index (χ1n) is 6.91. The van der Waals surface area contributed by atoms with Crippen molar-refractivity contribution in [2.75, 3.05) is 0 Å². The van der Waals surface area contributed by atoms with E-state index in [2.05, 4.69) is 16.8 Å². The molecule has 2 heterocycles. The summed E-state index contributed by atoms with van der Waals surface area (Å²) in [6.45, 7) is 4.15. The molecule has 0 N–H and O–H groups in total. The Balaban J connectivity index is 1.84. The number of carbonyl (C=O) groups excluding carboxylic acids is 1. The van der Waals surface area contributed by atoms with Gasteiger partial charge in [0.25, 0.3) is 5.91 Å². The van der Waals surface area contributed by atoms with Gasteiger partial charge in [0.15, 0.2) is 0 Å². The van der Waals surface area contributed by atoms with Crippen molar-refractivity contribution >= 4 is 17.2 Å². The van der Waals surface area contributed by atoms with E-state index in [0.717, 1.165) is 10.9 Å². The quantitative estimate of drug-likeness (QED) is 0.780. The molecule has 3 nitrogen and oxygen atoms in total. The van der Waals surface area contributed by atoms with Gasteiger partial charge in [0.05, 0.1) is 5.01 Å². The highest BCUT2D eigenvalue weighted by molar-refractivity contribution is 7.09. The Labute approximate surface area is 112 Å². The van der Waals surface area contributed by atoms with Gasteiger partial charge in [0.2, 0.25) is 0 Å².